The van der Waals surface area contributed by atoms with Crippen LogP contribution in [0.4, 0.5) is 0 Å². The van der Waals surface area contributed by atoms with Crippen molar-refractivity contribution < 1.29 is 14.3 Å². The van der Waals surface area contributed by atoms with Crippen molar-refractivity contribution in [2.24, 2.45) is 5.73 Å². The summed E-state index contributed by atoms with van der Waals surface area (Å²) < 4.78 is 11.2. The third-order valence-electron chi connectivity index (χ3n) is 3.12. The molecule has 0 radical (unpaired) electrons. The van der Waals surface area contributed by atoms with Gasteiger partial charge < -0.3 is 20.5 Å². The van der Waals surface area contributed by atoms with E-state index < -0.39 is 6.10 Å². The molecule has 5 heteroatoms. The number of rotatable bonds is 6. The van der Waals surface area contributed by atoms with E-state index in [1.807, 2.05) is 6.92 Å². The van der Waals surface area contributed by atoms with Gasteiger partial charge in [-0.3, -0.25) is 4.79 Å². The lowest BCUT2D eigenvalue weighted by molar-refractivity contribution is -0.158. The van der Waals surface area contributed by atoms with Gasteiger partial charge in [0.15, 0.2) is 0 Å². The number of hydrogen-bond donors (Lipinski definition) is 2. The minimum atomic E-state index is -0.455. The summed E-state index contributed by atoms with van der Waals surface area (Å²) in [6, 6.07) is 0. The largest absolute Gasteiger partial charge is 0.381 e. The average Bonchev–Trinajstić information content (AvgIpc) is 2.36. The predicted octanol–water partition coefficient (Wildman–Crippen LogP) is 0.426. The van der Waals surface area contributed by atoms with Crippen LogP contribution in [0.5, 0.6) is 0 Å². The van der Waals surface area contributed by atoms with Gasteiger partial charge in [-0.1, -0.05) is 6.92 Å². The molecule has 1 aliphatic heterocycles. The highest BCUT2D eigenvalue weighted by Crippen LogP contribution is 2.25. The van der Waals surface area contributed by atoms with Crippen molar-refractivity contribution in [1.82, 2.24) is 5.32 Å². The summed E-state index contributed by atoms with van der Waals surface area (Å²) in [4.78, 5) is 11.7. The van der Waals surface area contributed by atoms with Gasteiger partial charge in [0, 0.05) is 39.1 Å². The smallest absolute Gasteiger partial charge is 0.248 e. The van der Waals surface area contributed by atoms with Gasteiger partial charge in [0.2, 0.25) is 5.91 Å². The van der Waals surface area contributed by atoms with E-state index in [1.165, 1.54) is 0 Å². The van der Waals surface area contributed by atoms with Gasteiger partial charge in [0.25, 0.3) is 0 Å². The van der Waals surface area contributed by atoms with Crippen LogP contribution in [0.2, 0.25) is 0 Å². The van der Waals surface area contributed by atoms with Gasteiger partial charge in [-0.25, -0.2) is 0 Å². The summed E-state index contributed by atoms with van der Waals surface area (Å²) in [5.74, 6) is -0.0637. The molecule has 1 saturated heterocycles. The Labute approximate surface area is 103 Å². The van der Waals surface area contributed by atoms with Gasteiger partial charge in [-0.2, -0.15) is 0 Å². The van der Waals surface area contributed by atoms with Crippen LogP contribution in [0.15, 0.2) is 0 Å². The molecule has 1 fully saturated rings. The maximum atomic E-state index is 11.7. The summed E-state index contributed by atoms with van der Waals surface area (Å²) in [7, 11) is 0. The third-order valence-corrected chi connectivity index (χ3v) is 3.12. The van der Waals surface area contributed by atoms with Gasteiger partial charge in [0.05, 0.1) is 5.60 Å². The predicted molar refractivity (Wildman–Crippen MR) is 65.7 cm³/mol. The van der Waals surface area contributed by atoms with Crippen molar-refractivity contribution in [3.8, 4) is 0 Å². The van der Waals surface area contributed by atoms with E-state index in [2.05, 4.69) is 5.32 Å². The minimum absolute atomic E-state index is 0.0637. The van der Waals surface area contributed by atoms with Gasteiger partial charge in [-0.15, -0.1) is 0 Å². The molecule has 0 aromatic carbocycles. The van der Waals surface area contributed by atoms with Crippen LogP contribution in [0, 0.1) is 0 Å². The maximum absolute atomic E-state index is 11.7. The highest BCUT2D eigenvalue weighted by atomic mass is 16.5. The molecule has 1 amide bonds. The number of nitrogens with one attached hydrogen (secondary N) is 1. The first-order chi connectivity index (χ1) is 8.13. The van der Waals surface area contributed by atoms with Crippen LogP contribution >= 0.6 is 0 Å². The molecule has 3 N–H and O–H groups in total. The van der Waals surface area contributed by atoms with E-state index in [0.29, 0.717) is 26.3 Å². The third kappa shape index (κ3) is 4.26. The Morgan fingerprint density at radius 3 is 2.71 bits per heavy atom. The quantitative estimate of drug-likeness (QED) is 0.710. The fourth-order valence-electron chi connectivity index (χ4n) is 1.93. The monoisotopic (exact) mass is 244 g/mol. The topological polar surface area (TPSA) is 73.6 Å². The fourth-order valence-corrected chi connectivity index (χ4v) is 1.93. The Balaban J connectivity index is 2.46. The summed E-state index contributed by atoms with van der Waals surface area (Å²) in [6.07, 6.45) is 1.99. The molecular weight excluding hydrogens is 220 g/mol. The number of carbonyl (C=O) groups excluding carboxylic acids is 1. The van der Waals surface area contributed by atoms with Crippen LogP contribution in [0.1, 0.15) is 33.1 Å². The maximum Gasteiger partial charge on any atom is 0.248 e. The van der Waals surface area contributed by atoms with Gasteiger partial charge >= 0.3 is 0 Å². The average molecular weight is 244 g/mol. The second-order valence-electron chi connectivity index (χ2n) is 4.55. The number of amides is 1. The lowest BCUT2D eigenvalue weighted by atomic mass is 9.94. The minimum Gasteiger partial charge on any atom is -0.381 e. The first-order valence-electron chi connectivity index (χ1n) is 6.37. The number of nitrogens with two attached hydrogens (primary N) is 1. The van der Waals surface area contributed by atoms with Crippen molar-refractivity contribution in [2.75, 3.05) is 26.3 Å². The number of carbonyl (C=O) groups is 1. The van der Waals surface area contributed by atoms with Gasteiger partial charge in [-0.05, 0) is 13.3 Å². The molecule has 1 aliphatic rings. The first kappa shape index (κ1) is 14.4. The fraction of sp³-hybridized carbons (Fsp3) is 0.917. The molecule has 5 nitrogen and oxygen atoms in total. The molecule has 0 saturated carbocycles. The van der Waals surface area contributed by atoms with E-state index in [4.69, 9.17) is 15.2 Å². The Morgan fingerprint density at radius 1 is 1.53 bits per heavy atom. The van der Waals surface area contributed by atoms with E-state index in [1.54, 1.807) is 6.92 Å². The standard InChI is InChI=1S/C12H24N2O3/c1-3-6-14-11(15)10(2)17-12(9-13)4-7-16-8-5-12/h10H,3-9,13H2,1-2H3,(H,14,15). The normalized spacial score (nSPS) is 20.9. The van der Waals surface area contributed by atoms with Crippen LogP contribution in [-0.4, -0.2) is 43.9 Å². The van der Waals surface area contributed by atoms with Crippen LogP contribution in [0.25, 0.3) is 0 Å². The first-order valence-corrected chi connectivity index (χ1v) is 6.37. The molecular formula is C12H24N2O3. The highest BCUT2D eigenvalue weighted by molar-refractivity contribution is 5.80. The van der Waals surface area contributed by atoms with E-state index >= 15 is 0 Å². The SMILES string of the molecule is CCCNC(=O)C(C)OC1(CN)CCOCC1. The zero-order valence-corrected chi connectivity index (χ0v) is 10.8. The summed E-state index contributed by atoms with van der Waals surface area (Å²) in [5.41, 5.74) is 5.39. The lowest BCUT2D eigenvalue weighted by Crippen LogP contribution is -2.50. The lowest BCUT2D eigenvalue weighted by Gasteiger charge is -2.37. The van der Waals surface area contributed by atoms with Crippen molar-refractivity contribution in [1.29, 1.82) is 0 Å². The highest BCUT2D eigenvalue weighted by Gasteiger charge is 2.35. The van der Waals surface area contributed by atoms with Crippen molar-refractivity contribution >= 4 is 5.91 Å². The van der Waals surface area contributed by atoms with Crippen LogP contribution in [0.3, 0.4) is 0 Å². The Hall–Kier alpha value is -0.650. The Kier molecular flexibility index (Phi) is 5.88. The van der Waals surface area contributed by atoms with E-state index in [9.17, 15) is 4.79 Å². The zero-order chi connectivity index (χ0) is 12.7. The Bertz CT molecular complexity index is 240. The van der Waals surface area contributed by atoms with Crippen molar-refractivity contribution in [3.63, 3.8) is 0 Å². The van der Waals surface area contributed by atoms with Crippen molar-refractivity contribution in [2.45, 2.75) is 44.8 Å². The van der Waals surface area contributed by atoms with E-state index in [0.717, 1.165) is 19.3 Å². The summed E-state index contributed by atoms with van der Waals surface area (Å²) >= 11 is 0. The van der Waals surface area contributed by atoms with Gasteiger partial charge in [0.1, 0.15) is 6.10 Å². The molecule has 0 aromatic rings. The molecule has 1 atom stereocenters. The summed E-state index contributed by atoms with van der Waals surface area (Å²) in [6.45, 7) is 6.22. The molecule has 1 unspecified atom stereocenters. The molecule has 0 spiro atoms. The summed E-state index contributed by atoms with van der Waals surface area (Å²) in [5, 5.41) is 2.83. The molecule has 1 rings (SSSR count). The van der Waals surface area contributed by atoms with Crippen LogP contribution in [-0.2, 0) is 14.3 Å². The molecule has 0 aliphatic carbocycles. The number of hydrogen-bond acceptors (Lipinski definition) is 4. The van der Waals surface area contributed by atoms with Crippen LogP contribution < -0.4 is 11.1 Å². The molecule has 100 valence electrons. The molecule has 17 heavy (non-hydrogen) atoms. The van der Waals surface area contributed by atoms with Crippen molar-refractivity contribution in [3.05, 3.63) is 0 Å². The molecule has 0 bridgehead atoms. The number of ether oxygens (including phenoxy) is 2. The molecule has 0 aromatic heterocycles. The van der Waals surface area contributed by atoms with E-state index in [-0.39, 0.29) is 11.5 Å². The zero-order valence-electron chi connectivity index (χ0n) is 10.8. The second kappa shape index (κ2) is 6.93. The second-order valence-corrected chi connectivity index (χ2v) is 4.55. The molecule has 1 heterocycles. The Morgan fingerprint density at radius 2 is 2.18 bits per heavy atom.